The fraction of sp³-hybridized carbons (Fsp3) is 0.412. The predicted octanol–water partition coefficient (Wildman–Crippen LogP) is 3.86. The van der Waals surface area contributed by atoms with E-state index in [1.165, 1.54) is 12.1 Å². The van der Waals surface area contributed by atoms with E-state index >= 15 is 0 Å². The molecule has 1 N–H and O–H groups in total. The number of carbonyl (C=O) groups is 1. The average molecular weight is 443 g/mol. The van der Waals surface area contributed by atoms with E-state index in [1.807, 2.05) is 0 Å². The summed E-state index contributed by atoms with van der Waals surface area (Å²) in [6.07, 6.45) is -2.09. The molecule has 1 heterocycles. The highest BCUT2D eigenvalue weighted by molar-refractivity contribution is 6.61. The van der Waals surface area contributed by atoms with Gasteiger partial charge < -0.3 is 10.1 Å². The second kappa shape index (κ2) is 8.13. The normalized spacial score (nSPS) is 14.8. The number of rotatable bonds is 7. The quantitative estimate of drug-likeness (QED) is 0.402. The Kier molecular flexibility index (Phi) is 6.08. The molecule has 3 rings (SSSR count). The number of anilines is 1. The maximum Gasteiger partial charge on any atom is 0.408 e. The van der Waals surface area contributed by atoms with Gasteiger partial charge in [-0.25, -0.2) is 0 Å². The summed E-state index contributed by atoms with van der Waals surface area (Å²) < 4.78 is 66.4. The third-order valence-corrected chi connectivity index (χ3v) is 4.41. The van der Waals surface area contributed by atoms with Crippen LogP contribution in [0.5, 0.6) is 5.75 Å². The van der Waals surface area contributed by atoms with Crippen LogP contribution in [-0.2, 0) is 11.2 Å². The zero-order valence-electron chi connectivity index (χ0n) is 15.2. The van der Waals surface area contributed by atoms with Gasteiger partial charge >= 0.3 is 12.8 Å². The largest absolute Gasteiger partial charge is 0.434 e. The van der Waals surface area contributed by atoms with Crippen LogP contribution >= 0.6 is 11.6 Å². The van der Waals surface area contributed by atoms with E-state index in [2.05, 4.69) is 15.2 Å². The minimum absolute atomic E-state index is 0.0191. The number of benzene rings is 1. The molecule has 0 saturated heterocycles. The monoisotopic (exact) mass is 443 g/mol. The smallest absolute Gasteiger partial charge is 0.408 e. The van der Waals surface area contributed by atoms with Gasteiger partial charge in [-0.3, -0.25) is 9.48 Å². The molecule has 0 atom stereocenters. The van der Waals surface area contributed by atoms with Crippen LogP contribution in [0.1, 0.15) is 40.4 Å². The summed E-state index contributed by atoms with van der Waals surface area (Å²) in [5.41, 5.74) is 0.0809. The van der Waals surface area contributed by atoms with Gasteiger partial charge in [0.25, 0.3) is 5.91 Å². The van der Waals surface area contributed by atoms with Crippen molar-refractivity contribution in [3.63, 3.8) is 0 Å². The molecule has 5 nitrogen and oxygen atoms in total. The Labute approximate surface area is 175 Å². The minimum atomic E-state index is -4.50. The number of nitrogens with one attached hydrogen (secondary N) is 1. The minimum Gasteiger partial charge on any atom is -0.434 e. The molecule has 156 valence electrons. The van der Waals surface area contributed by atoms with Crippen LogP contribution in [0, 0.1) is 0 Å². The first kappa shape index (κ1) is 22.5. The fourth-order valence-electron chi connectivity index (χ4n) is 2.84. The molecule has 1 aromatic heterocycles. The summed E-state index contributed by atoms with van der Waals surface area (Å²) >= 11 is 5.76. The number of carbonyl (C=O) groups excluding carboxylic acids is 1. The zero-order chi connectivity index (χ0) is 22.3. The molecule has 4 radical (unpaired) electrons. The number of aromatic nitrogens is 2. The standard InChI is InChI=1S/C17H13B2ClF5N3O2/c18-17(19,20)11-4-3-9(5-12(11)30-15(21)22)26-14(29)10-6-28(7-16(23,24)25)27-13(10)8-1-2-8/h3-6,8,15H,1-2,7H2,(H,26,29). The van der Waals surface area contributed by atoms with Crippen LogP contribution in [0.15, 0.2) is 24.4 Å². The van der Waals surface area contributed by atoms with E-state index in [4.69, 9.17) is 27.3 Å². The van der Waals surface area contributed by atoms with E-state index in [1.54, 1.807) is 0 Å². The average Bonchev–Trinajstić information content (AvgIpc) is 3.33. The first-order valence-corrected chi connectivity index (χ1v) is 9.03. The van der Waals surface area contributed by atoms with Gasteiger partial charge in [0, 0.05) is 23.9 Å². The van der Waals surface area contributed by atoms with Crippen LogP contribution in [0.2, 0.25) is 0 Å². The van der Waals surface area contributed by atoms with Gasteiger partial charge in [0.15, 0.2) is 0 Å². The van der Waals surface area contributed by atoms with Crippen molar-refractivity contribution in [2.45, 2.75) is 42.8 Å². The third-order valence-electron chi connectivity index (χ3n) is 4.21. The van der Waals surface area contributed by atoms with Crippen molar-refractivity contribution < 1.29 is 31.5 Å². The Hall–Kier alpha value is -2.23. The molecule has 1 aliphatic rings. The second-order valence-electron chi connectivity index (χ2n) is 6.83. The molecule has 1 saturated carbocycles. The number of nitrogens with zero attached hydrogens (tertiary/aromatic N) is 2. The molecular weight excluding hydrogens is 430 g/mol. The van der Waals surface area contributed by atoms with Gasteiger partial charge in [-0.15, -0.1) is 11.6 Å². The first-order valence-electron chi connectivity index (χ1n) is 8.65. The molecule has 13 heteroatoms. The molecule has 1 amide bonds. The summed E-state index contributed by atoms with van der Waals surface area (Å²) in [5, 5.41) is 6.31. The maximum atomic E-state index is 12.7. The Morgan fingerprint density at radius 2 is 2.00 bits per heavy atom. The Morgan fingerprint density at radius 1 is 1.33 bits per heavy atom. The number of ether oxygens (including phenoxy) is 1. The highest BCUT2D eigenvalue weighted by Gasteiger charge is 2.34. The first-order chi connectivity index (χ1) is 13.8. The lowest BCUT2D eigenvalue weighted by Gasteiger charge is -2.22. The molecule has 0 aliphatic heterocycles. The Morgan fingerprint density at radius 3 is 2.53 bits per heavy atom. The number of amides is 1. The predicted molar refractivity (Wildman–Crippen MR) is 100 cm³/mol. The van der Waals surface area contributed by atoms with Crippen molar-refractivity contribution in [2.75, 3.05) is 5.32 Å². The van der Waals surface area contributed by atoms with Gasteiger partial charge in [0.05, 0.1) is 26.9 Å². The van der Waals surface area contributed by atoms with Crippen molar-refractivity contribution in [2.24, 2.45) is 0 Å². The molecule has 1 aliphatic carbocycles. The summed E-state index contributed by atoms with van der Waals surface area (Å²) in [4.78, 5) is 12.7. The van der Waals surface area contributed by atoms with Crippen LogP contribution in [-0.4, -0.2) is 44.2 Å². The molecule has 0 spiro atoms. The topological polar surface area (TPSA) is 56.2 Å². The van der Waals surface area contributed by atoms with E-state index < -0.39 is 35.7 Å². The summed E-state index contributed by atoms with van der Waals surface area (Å²) in [5.74, 6) is -1.32. The molecule has 2 aromatic rings. The molecule has 30 heavy (non-hydrogen) atoms. The van der Waals surface area contributed by atoms with Gasteiger partial charge in [-0.05, 0) is 29.1 Å². The number of alkyl halides is 6. The van der Waals surface area contributed by atoms with Crippen molar-refractivity contribution in [1.29, 1.82) is 0 Å². The molecular formula is C17H13B2ClF5N3O2. The third kappa shape index (κ3) is 5.68. The highest BCUT2D eigenvalue weighted by atomic mass is 35.5. The summed E-state index contributed by atoms with van der Waals surface area (Å²) in [6.45, 7) is -4.55. The molecule has 1 aromatic carbocycles. The number of hydrogen-bond acceptors (Lipinski definition) is 3. The van der Waals surface area contributed by atoms with E-state index in [0.29, 0.717) is 17.5 Å². The van der Waals surface area contributed by atoms with Gasteiger partial charge in [0.2, 0.25) is 0 Å². The second-order valence-corrected chi connectivity index (χ2v) is 7.45. The van der Waals surface area contributed by atoms with Crippen molar-refractivity contribution in [3.8, 4) is 5.75 Å². The fourth-order valence-corrected chi connectivity index (χ4v) is 3.00. The highest BCUT2D eigenvalue weighted by Crippen LogP contribution is 2.41. The van der Waals surface area contributed by atoms with Gasteiger partial charge in [-0.1, -0.05) is 6.07 Å². The van der Waals surface area contributed by atoms with E-state index in [0.717, 1.165) is 12.3 Å². The Balaban J connectivity index is 1.87. The SMILES string of the molecule is [B]C([B])(Cl)c1ccc(NC(=O)c2cn(CC(F)(F)F)nc2C2CC2)cc1OC(F)F. The van der Waals surface area contributed by atoms with Crippen LogP contribution in [0.4, 0.5) is 27.6 Å². The molecule has 0 unspecified atom stereocenters. The lowest BCUT2D eigenvalue weighted by Crippen LogP contribution is -2.21. The van der Waals surface area contributed by atoms with Crippen molar-refractivity contribution in [3.05, 3.63) is 41.2 Å². The lowest BCUT2D eigenvalue weighted by atomic mass is 9.65. The summed E-state index contributed by atoms with van der Waals surface area (Å²) in [7, 11) is 11.0. The maximum absolute atomic E-state index is 12.7. The lowest BCUT2D eigenvalue weighted by molar-refractivity contribution is -0.142. The van der Waals surface area contributed by atoms with E-state index in [9.17, 15) is 26.7 Å². The molecule has 0 bridgehead atoms. The zero-order valence-corrected chi connectivity index (χ0v) is 16.0. The summed E-state index contributed by atoms with van der Waals surface area (Å²) in [6, 6.07) is 3.52. The Bertz CT molecular complexity index is 942. The van der Waals surface area contributed by atoms with Crippen LogP contribution < -0.4 is 10.1 Å². The van der Waals surface area contributed by atoms with Crippen LogP contribution in [0.25, 0.3) is 0 Å². The van der Waals surface area contributed by atoms with E-state index in [-0.39, 0.29) is 28.4 Å². The van der Waals surface area contributed by atoms with Gasteiger partial charge in [0.1, 0.15) is 12.3 Å². The number of hydrogen-bond donors (Lipinski definition) is 1. The number of halogens is 6. The van der Waals surface area contributed by atoms with Crippen LogP contribution in [0.3, 0.4) is 0 Å². The van der Waals surface area contributed by atoms with Crippen molar-refractivity contribution >= 4 is 38.9 Å². The van der Waals surface area contributed by atoms with Crippen molar-refractivity contribution in [1.82, 2.24) is 9.78 Å². The molecule has 1 fully saturated rings. The van der Waals surface area contributed by atoms with Gasteiger partial charge in [-0.2, -0.15) is 27.1 Å².